The minimum absolute atomic E-state index is 0.333. The third-order valence-electron chi connectivity index (χ3n) is 2.07. The third kappa shape index (κ3) is 2.40. The van der Waals surface area contributed by atoms with Gasteiger partial charge in [0.05, 0.1) is 5.02 Å². The van der Waals surface area contributed by atoms with Crippen LogP contribution in [0.4, 0.5) is 4.39 Å². The van der Waals surface area contributed by atoms with Gasteiger partial charge in [-0.2, -0.15) is 0 Å². The van der Waals surface area contributed by atoms with Crippen LogP contribution in [0.25, 0.3) is 10.6 Å². The SMILES string of the molecule is CNCc1cnc(-c2ccc(F)cc2Cl)s1. The Kier molecular flexibility index (Phi) is 3.53. The molecule has 0 spiro atoms. The fraction of sp³-hybridized carbons (Fsp3) is 0.182. The summed E-state index contributed by atoms with van der Waals surface area (Å²) in [6.45, 7) is 0.774. The van der Waals surface area contributed by atoms with E-state index in [1.54, 1.807) is 23.6 Å². The molecule has 1 N–H and O–H groups in total. The van der Waals surface area contributed by atoms with Gasteiger partial charge in [-0.05, 0) is 25.2 Å². The normalized spacial score (nSPS) is 10.7. The zero-order chi connectivity index (χ0) is 11.5. The quantitative estimate of drug-likeness (QED) is 0.911. The molecule has 0 aliphatic rings. The number of halogens is 2. The second-order valence-electron chi connectivity index (χ2n) is 3.29. The Hall–Kier alpha value is -0.970. The Bertz CT molecular complexity index is 498. The monoisotopic (exact) mass is 256 g/mol. The van der Waals surface area contributed by atoms with Crippen LogP contribution in [0.15, 0.2) is 24.4 Å². The highest BCUT2D eigenvalue weighted by molar-refractivity contribution is 7.15. The van der Waals surface area contributed by atoms with Gasteiger partial charge in [-0.1, -0.05) is 11.6 Å². The van der Waals surface area contributed by atoms with Crippen molar-refractivity contribution < 1.29 is 4.39 Å². The molecule has 2 nitrogen and oxygen atoms in total. The molecule has 0 aliphatic carbocycles. The van der Waals surface area contributed by atoms with Gasteiger partial charge in [0.2, 0.25) is 0 Å². The molecule has 5 heteroatoms. The van der Waals surface area contributed by atoms with Gasteiger partial charge in [0.25, 0.3) is 0 Å². The van der Waals surface area contributed by atoms with E-state index in [0.29, 0.717) is 5.02 Å². The summed E-state index contributed by atoms with van der Waals surface area (Å²) in [7, 11) is 1.88. The van der Waals surface area contributed by atoms with Crippen molar-refractivity contribution >= 4 is 22.9 Å². The molecule has 16 heavy (non-hydrogen) atoms. The molecule has 1 heterocycles. The molecule has 2 aromatic rings. The van der Waals surface area contributed by atoms with Crippen molar-refractivity contribution in [1.29, 1.82) is 0 Å². The summed E-state index contributed by atoms with van der Waals surface area (Å²) < 4.78 is 12.9. The largest absolute Gasteiger partial charge is 0.315 e. The highest BCUT2D eigenvalue weighted by Gasteiger charge is 2.08. The van der Waals surface area contributed by atoms with Gasteiger partial charge in [-0.15, -0.1) is 11.3 Å². The van der Waals surface area contributed by atoms with Crippen molar-refractivity contribution in [1.82, 2.24) is 10.3 Å². The molecule has 0 radical (unpaired) electrons. The first kappa shape index (κ1) is 11.5. The Morgan fingerprint density at radius 2 is 2.31 bits per heavy atom. The van der Waals surface area contributed by atoms with Crippen molar-refractivity contribution in [3.63, 3.8) is 0 Å². The maximum atomic E-state index is 12.9. The van der Waals surface area contributed by atoms with Crippen LogP contribution in [0.2, 0.25) is 5.02 Å². The standard InChI is InChI=1S/C11H10ClFN2S/c1-14-5-8-6-15-11(16-8)9-3-2-7(13)4-10(9)12/h2-4,6,14H,5H2,1H3. The molecule has 0 saturated heterocycles. The zero-order valence-corrected chi connectivity index (χ0v) is 10.2. The summed E-state index contributed by atoms with van der Waals surface area (Å²) in [5.74, 6) is -0.333. The van der Waals surface area contributed by atoms with E-state index in [2.05, 4.69) is 10.3 Å². The van der Waals surface area contributed by atoms with Crippen molar-refractivity contribution in [2.24, 2.45) is 0 Å². The lowest BCUT2D eigenvalue weighted by Crippen LogP contribution is -2.02. The minimum Gasteiger partial charge on any atom is -0.315 e. The lowest BCUT2D eigenvalue weighted by molar-refractivity contribution is 0.628. The summed E-state index contributed by atoms with van der Waals surface area (Å²) >= 11 is 7.51. The second kappa shape index (κ2) is 4.91. The topological polar surface area (TPSA) is 24.9 Å². The Morgan fingerprint density at radius 3 is 3.00 bits per heavy atom. The maximum absolute atomic E-state index is 12.9. The van der Waals surface area contributed by atoms with Crippen LogP contribution >= 0.6 is 22.9 Å². The second-order valence-corrected chi connectivity index (χ2v) is 4.81. The lowest BCUT2D eigenvalue weighted by Gasteiger charge is -1.99. The molecule has 0 fully saturated rings. The number of nitrogens with zero attached hydrogens (tertiary/aromatic N) is 1. The molecule has 0 saturated carbocycles. The van der Waals surface area contributed by atoms with Gasteiger partial charge in [0, 0.05) is 23.2 Å². The van der Waals surface area contributed by atoms with E-state index < -0.39 is 0 Å². The number of nitrogens with one attached hydrogen (secondary N) is 1. The Morgan fingerprint density at radius 1 is 1.50 bits per heavy atom. The smallest absolute Gasteiger partial charge is 0.125 e. The first-order valence-corrected chi connectivity index (χ1v) is 5.95. The van der Waals surface area contributed by atoms with Gasteiger partial charge in [0.1, 0.15) is 10.8 Å². The predicted molar refractivity (Wildman–Crippen MR) is 65.3 cm³/mol. The fourth-order valence-corrected chi connectivity index (χ4v) is 2.63. The Labute approximate surface area is 102 Å². The van der Waals surface area contributed by atoms with Crippen LogP contribution < -0.4 is 5.32 Å². The number of thiazole rings is 1. The van der Waals surface area contributed by atoms with Gasteiger partial charge < -0.3 is 5.32 Å². The number of hydrogen-bond acceptors (Lipinski definition) is 3. The summed E-state index contributed by atoms with van der Waals surface area (Å²) in [6.07, 6.45) is 1.80. The molecule has 0 aliphatic heterocycles. The van der Waals surface area contributed by atoms with Gasteiger partial charge >= 0.3 is 0 Å². The first-order chi connectivity index (χ1) is 7.70. The van der Waals surface area contributed by atoms with E-state index in [0.717, 1.165) is 22.0 Å². The summed E-state index contributed by atoms with van der Waals surface area (Å²) in [5, 5.41) is 4.26. The molecule has 1 aromatic carbocycles. The van der Waals surface area contributed by atoms with Crippen LogP contribution in [0.3, 0.4) is 0 Å². The number of rotatable bonds is 3. The summed E-state index contributed by atoms with van der Waals surface area (Å²) in [5.41, 5.74) is 0.774. The average molecular weight is 257 g/mol. The number of hydrogen-bond donors (Lipinski definition) is 1. The minimum atomic E-state index is -0.333. The fourth-order valence-electron chi connectivity index (χ4n) is 1.35. The molecule has 0 atom stereocenters. The van der Waals surface area contributed by atoms with E-state index in [1.165, 1.54) is 12.1 Å². The zero-order valence-electron chi connectivity index (χ0n) is 8.63. The molecular formula is C11H10ClFN2S. The van der Waals surface area contributed by atoms with Gasteiger partial charge in [-0.3, -0.25) is 0 Å². The third-order valence-corrected chi connectivity index (χ3v) is 3.41. The highest BCUT2D eigenvalue weighted by atomic mass is 35.5. The molecule has 0 bridgehead atoms. The van der Waals surface area contributed by atoms with Gasteiger partial charge in [0.15, 0.2) is 0 Å². The van der Waals surface area contributed by atoms with Crippen LogP contribution in [0.5, 0.6) is 0 Å². The van der Waals surface area contributed by atoms with E-state index in [1.807, 2.05) is 7.05 Å². The molecule has 84 valence electrons. The number of benzene rings is 1. The van der Waals surface area contributed by atoms with Crippen molar-refractivity contribution in [2.45, 2.75) is 6.54 Å². The predicted octanol–water partition coefficient (Wildman–Crippen LogP) is 3.32. The molecular weight excluding hydrogens is 247 g/mol. The number of aromatic nitrogens is 1. The van der Waals surface area contributed by atoms with Crippen LogP contribution in [-0.4, -0.2) is 12.0 Å². The summed E-state index contributed by atoms with van der Waals surface area (Å²) in [4.78, 5) is 5.39. The summed E-state index contributed by atoms with van der Waals surface area (Å²) in [6, 6.07) is 4.34. The average Bonchev–Trinajstić information content (AvgIpc) is 2.67. The van der Waals surface area contributed by atoms with Crippen molar-refractivity contribution in [3.05, 3.63) is 40.1 Å². The van der Waals surface area contributed by atoms with E-state index >= 15 is 0 Å². The first-order valence-electron chi connectivity index (χ1n) is 4.75. The highest BCUT2D eigenvalue weighted by Crippen LogP contribution is 2.31. The van der Waals surface area contributed by atoms with Crippen LogP contribution in [0.1, 0.15) is 4.88 Å². The van der Waals surface area contributed by atoms with E-state index in [9.17, 15) is 4.39 Å². The van der Waals surface area contributed by atoms with E-state index in [-0.39, 0.29) is 5.82 Å². The van der Waals surface area contributed by atoms with Crippen molar-refractivity contribution in [3.8, 4) is 10.6 Å². The van der Waals surface area contributed by atoms with Gasteiger partial charge in [-0.25, -0.2) is 9.37 Å². The Balaban J connectivity index is 2.35. The van der Waals surface area contributed by atoms with Crippen molar-refractivity contribution in [2.75, 3.05) is 7.05 Å². The van der Waals surface area contributed by atoms with E-state index in [4.69, 9.17) is 11.6 Å². The van der Waals surface area contributed by atoms with Crippen LogP contribution in [-0.2, 0) is 6.54 Å². The maximum Gasteiger partial charge on any atom is 0.125 e. The lowest BCUT2D eigenvalue weighted by atomic mass is 10.2. The molecule has 0 amide bonds. The van der Waals surface area contributed by atoms with Crippen LogP contribution in [0, 0.1) is 5.82 Å². The molecule has 2 rings (SSSR count). The molecule has 1 aromatic heterocycles. The molecule has 0 unspecified atom stereocenters.